The summed E-state index contributed by atoms with van der Waals surface area (Å²) in [5.41, 5.74) is 2.07. The summed E-state index contributed by atoms with van der Waals surface area (Å²) in [6.45, 7) is 4.23. The van der Waals surface area contributed by atoms with Crippen molar-refractivity contribution in [3.63, 3.8) is 0 Å². The monoisotopic (exact) mass is 407 g/mol. The molecule has 3 aliphatic rings. The fraction of sp³-hybridized carbons (Fsp3) is 0.565. The van der Waals surface area contributed by atoms with E-state index in [0.717, 1.165) is 62.1 Å². The largest absolute Gasteiger partial charge is 0.345 e. The highest BCUT2D eigenvalue weighted by Gasteiger charge is 2.51. The number of likely N-dealkylation sites (tertiary alicyclic amines) is 1. The maximum absolute atomic E-state index is 13.1. The van der Waals surface area contributed by atoms with Gasteiger partial charge in [-0.25, -0.2) is 9.67 Å². The lowest BCUT2D eigenvalue weighted by atomic mass is 9.73. The van der Waals surface area contributed by atoms with Crippen LogP contribution in [-0.4, -0.2) is 44.6 Å². The minimum atomic E-state index is -0.182. The molecule has 5 rings (SSSR count). The number of hydrogen-bond acceptors (Lipinski definition) is 4. The maximum Gasteiger partial charge on any atom is 0.227 e. The van der Waals surface area contributed by atoms with Crippen molar-refractivity contribution >= 4 is 11.8 Å². The van der Waals surface area contributed by atoms with Gasteiger partial charge in [-0.3, -0.25) is 9.59 Å². The van der Waals surface area contributed by atoms with E-state index in [1.165, 1.54) is 0 Å². The molecule has 1 aromatic heterocycles. The molecule has 1 N–H and O–H groups in total. The topological polar surface area (TPSA) is 80.1 Å². The highest BCUT2D eigenvalue weighted by atomic mass is 16.2. The lowest BCUT2D eigenvalue weighted by molar-refractivity contribution is -0.130. The van der Waals surface area contributed by atoms with Crippen LogP contribution >= 0.6 is 0 Å². The van der Waals surface area contributed by atoms with E-state index < -0.39 is 0 Å². The lowest BCUT2D eigenvalue weighted by Gasteiger charge is -2.41. The molecule has 0 bridgehead atoms. The smallest absolute Gasteiger partial charge is 0.227 e. The lowest BCUT2D eigenvalue weighted by Crippen LogP contribution is -2.50. The van der Waals surface area contributed by atoms with E-state index >= 15 is 0 Å². The van der Waals surface area contributed by atoms with Crippen LogP contribution in [0.3, 0.4) is 0 Å². The number of nitrogens with one attached hydrogen (secondary N) is 1. The zero-order valence-electron chi connectivity index (χ0n) is 17.5. The highest BCUT2D eigenvalue weighted by molar-refractivity contribution is 5.80. The van der Waals surface area contributed by atoms with Crippen molar-refractivity contribution in [2.45, 2.75) is 58.0 Å². The van der Waals surface area contributed by atoms with Crippen LogP contribution < -0.4 is 5.32 Å². The molecule has 3 heterocycles. The molecule has 0 radical (unpaired) electrons. The molecule has 2 atom stereocenters. The molecule has 2 fully saturated rings. The van der Waals surface area contributed by atoms with Crippen LogP contribution in [0.1, 0.15) is 55.1 Å². The molecule has 1 aromatic carbocycles. The Hall–Kier alpha value is -2.70. The number of aromatic nitrogens is 3. The molecule has 30 heavy (non-hydrogen) atoms. The van der Waals surface area contributed by atoms with Crippen molar-refractivity contribution in [2.24, 2.45) is 11.3 Å². The Morgan fingerprint density at radius 1 is 1.20 bits per heavy atom. The molecule has 7 nitrogen and oxygen atoms in total. The first-order chi connectivity index (χ1) is 14.6. The molecule has 2 aliphatic heterocycles. The Balaban J connectivity index is 1.35. The first kappa shape index (κ1) is 19.3. The number of carbonyl (C=O) groups is 2. The number of hydrogen-bond donors (Lipinski definition) is 1. The molecule has 1 saturated carbocycles. The molecule has 1 saturated heterocycles. The molecule has 2 amide bonds. The Labute approximate surface area is 176 Å². The zero-order valence-corrected chi connectivity index (χ0v) is 17.5. The molecule has 2 aromatic rings. The summed E-state index contributed by atoms with van der Waals surface area (Å²) < 4.78 is 1.91. The first-order valence-corrected chi connectivity index (χ1v) is 11.1. The number of rotatable bonds is 4. The predicted octanol–water partition coefficient (Wildman–Crippen LogP) is 2.41. The molecular weight excluding hydrogens is 378 g/mol. The normalized spacial score (nSPS) is 25.8. The van der Waals surface area contributed by atoms with Crippen molar-refractivity contribution < 1.29 is 9.59 Å². The van der Waals surface area contributed by atoms with Crippen molar-refractivity contribution in [3.05, 3.63) is 47.5 Å². The van der Waals surface area contributed by atoms with Crippen molar-refractivity contribution in [1.82, 2.24) is 25.0 Å². The predicted molar refractivity (Wildman–Crippen MR) is 111 cm³/mol. The fourth-order valence-corrected chi connectivity index (χ4v) is 5.20. The molecule has 2 unspecified atom stereocenters. The summed E-state index contributed by atoms with van der Waals surface area (Å²) >= 11 is 0. The van der Waals surface area contributed by atoms with Gasteiger partial charge in [0, 0.05) is 31.0 Å². The third-order valence-corrected chi connectivity index (χ3v) is 7.44. The van der Waals surface area contributed by atoms with Crippen LogP contribution in [0.15, 0.2) is 30.6 Å². The maximum atomic E-state index is 13.1. The summed E-state index contributed by atoms with van der Waals surface area (Å²) in [6.07, 6.45) is 6.86. The van der Waals surface area contributed by atoms with Crippen molar-refractivity contribution in [3.8, 4) is 0 Å². The number of carbonyl (C=O) groups excluding carboxylic acids is 2. The quantitative estimate of drug-likeness (QED) is 0.844. The molecule has 158 valence electrons. The van der Waals surface area contributed by atoms with Gasteiger partial charge in [-0.05, 0) is 43.7 Å². The summed E-state index contributed by atoms with van der Waals surface area (Å²) in [5.74, 6) is 1.26. The van der Waals surface area contributed by atoms with Gasteiger partial charge in [0.15, 0.2) is 0 Å². The summed E-state index contributed by atoms with van der Waals surface area (Å²) in [4.78, 5) is 32.4. The van der Waals surface area contributed by atoms with Crippen LogP contribution in [0.25, 0.3) is 0 Å². The molecule has 1 aliphatic carbocycles. The van der Waals surface area contributed by atoms with E-state index in [-0.39, 0.29) is 29.2 Å². The van der Waals surface area contributed by atoms with Gasteiger partial charge in [-0.15, -0.1) is 0 Å². The second kappa shape index (κ2) is 7.52. The highest BCUT2D eigenvalue weighted by Crippen LogP contribution is 2.48. The second-order valence-corrected chi connectivity index (χ2v) is 9.19. The van der Waals surface area contributed by atoms with Gasteiger partial charge in [0.1, 0.15) is 12.2 Å². The summed E-state index contributed by atoms with van der Waals surface area (Å²) in [5, 5.41) is 7.66. The van der Waals surface area contributed by atoms with E-state index in [2.05, 4.69) is 15.4 Å². The third-order valence-electron chi connectivity index (χ3n) is 7.44. The fourth-order valence-electron chi connectivity index (χ4n) is 5.20. The second-order valence-electron chi connectivity index (χ2n) is 9.19. The summed E-state index contributed by atoms with van der Waals surface area (Å²) in [6, 6.07) is 7.89. The van der Waals surface area contributed by atoms with Gasteiger partial charge in [0.25, 0.3) is 0 Å². The zero-order chi connectivity index (χ0) is 20.7. The van der Waals surface area contributed by atoms with E-state index in [9.17, 15) is 9.59 Å². The van der Waals surface area contributed by atoms with Crippen LogP contribution in [0.5, 0.6) is 0 Å². The Morgan fingerprint density at radius 2 is 2.00 bits per heavy atom. The van der Waals surface area contributed by atoms with Crippen molar-refractivity contribution in [2.75, 3.05) is 13.1 Å². The average Bonchev–Trinajstić information content (AvgIpc) is 3.33. The summed E-state index contributed by atoms with van der Waals surface area (Å²) in [7, 11) is 0. The van der Waals surface area contributed by atoms with Gasteiger partial charge in [0.05, 0.1) is 12.5 Å². The molecule has 7 heteroatoms. The van der Waals surface area contributed by atoms with E-state index in [1.807, 2.05) is 40.8 Å². The van der Waals surface area contributed by atoms with Gasteiger partial charge >= 0.3 is 0 Å². The van der Waals surface area contributed by atoms with E-state index in [1.54, 1.807) is 6.33 Å². The minimum Gasteiger partial charge on any atom is -0.345 e. The average molecular weight is 408 g/mol. The Morgan fingerprint density at radius 3 is 2.77 bits per heavy atom. The Kier molecular flexibility index (Phi) is 4.83. The van der Waals surface area contributed by atoms with Gasteiger partial charge < -0.3 is 10.2 Å². The van der Waals surface area contributed by atoms with Crippen LogP contribution in [-0.2, 0) is 22.6 Å². The Bertz CT molecular complexity index is 966. The number of amides is 2. The molecule has 1 spiro atoms. The van der Waals surface area contributed by atoms with E-state index in [0.29, 0.717) is 13.0 Å². The van der Waals surface area contributed by atoms with Crippen molar-refractivity contribution in [1.29, 1.82) is 0 Å². The molecular formula is C23H29N5O2. The number of benzene rings is 1. The van der Waals surface area contributed by atoms with Gasteiger partial charge in [-0.1, -0.05) is 30.7 Å². The van der Waals surface area contributed by atoms with Crippen LogP contribution in [0.2, 0.25) is 0 Å². The van der Waals surface area contributed by atoms with E-state index in [4.69, 9.17) is 0 Å². The minimum absolute atomic E-state index is 0.126. The van der Waals surface area contributed by atoms with Crippen LogP contribution in [0, 0.1) is 18.3 Å². The standard InChI is InChI=1S/C23H29N5O2/c1-16-5-2-3-6-18(16)13-19(29)27-11-9-23(14-27)10-12-28-21(24-15-25-28)20(23)26-22(30)17-7-4-8-17/h2-3,5-6,15,17,20H,4,7-14H2,1H3,(H,26,30). The third kappa shape index (κ3) is 3.30. The first-order valence-electron chi connectivity index (χ1n) is 11.1. The SMILES string of the molecule is Cc1ccccc1CC(=O)N1CCC2(CCn3ncnc3C2NC(=O)C2CCC2)C1. The number of fused-ring (bicyclic) bond motifs is 1. The van der Waals surface area contributed by atoms with Gasteiger partial charge in [0.2, 0.25) is 11.8 Å². The number of nitrogens with zero attached hydrogens (tertiary/aromatic N) is 4. The number of aryl methyl sites for hydroxylation is 2. The van der Waals surface area contributed by atoms with Crippen LogP contribution in [0.4, 0.5) is 0 Å². The van der Waals surface area contributed by atoms with Gasteiger partial charge in [-0.2, -0.15) is 5.10 Å².